The van der Waals surface area contributed by atoms with Crippen LogP contribution in [0.25, 0.3) is 0 Å². The number of sulfonamides is 1. The van der Waals surface area contributed by atoms with E-state index in [1.54, 1.807) is 0 Å². The van der Waals surface area contributed by atoms with Gasteiger partial charge in [0, 0.05) is 12.6 Å². The van der Waals surface area contributed by atoms with Crippen molar-refractivity contribution in [2.24, 2.45) is 0 Å². The minimum atomic E-state index is -3.62. The quantitative estimate of drug-likeness (QED) is 0.894. The largest absolute Gasteiger partial charge is 0.299 e. The average molecular weight is 286 g/mol. The number of hydrogen-bond acceptors (Lipinski definition) is 3. The van der Waals surface area contributed by atoms with Gasteiger partial charge in [-0.3, -0.25) is 4.90 Å². The van der Waals surface area contributed by atoms with E-state index in [0.717, 1.165) is 32.0 Å². The molecule has 2 rings (SSSR count). The molecule has 6 heteroatoms. The fourth-order valence-electron chi connectivity index (χ4n) is 2.47. The van der Waals surface area contributed by atoms with Crippen LogP contribution in [0.4, 0.5) is 4.39 Å². The molecule has 1 atom stereocenters. The molecule has 1 heterocycles. The number of nitrogens with zero attached hydrogens (tertiary/aromatic N) is 1. The highest BCUT2D eigenvalue weighted by molar-refractivity contribution is 7.89. The Morgan fingerprint density at radius 2 is 2.26 bits per heavy atom. The molecule has 19 heavy (non-hydrogen) atoms. The van der Waals surface area contributed by atoms with Crippen LogP contribution in [0, 0.1) is 5.82 Å². The molecule has 1 saturated heterocycles. The molecule has 0 bridgehead atoms. The van der Waals surface area contributed by atoms with Gasteiger partial charge in [-0.1, -0.05) is 13.0 Å². The monoisotopic (exact) mass is 286 g/mol. The minimum absolute atomic E-state index is 0.0199. The third kappa shape index (κ3) is 3.52. The molecule has 1 aromatic carbocycles. The molecule has 106 valence electrons. The molecule has 0 spiro atoms. The first-order valence-corrected chi connectivity index (χ1v) is 8.00. The van der Waals surface area contributed by atoms with Crippen LogP contribution in [0.15, 0.2) is 29.2 Å². The smallest absolute Gasteiger partial charge is 0.240 e. The van der Waals surface area contributed by atoms with E-state index in [-0.39, 0.29) is 10.9 Å². The zero-order chi connectivity index (χ0) is 13.9. The summed E-state index contributed by atoms with van der Waals surface area (Å²) in [6.45, 7) is 4.39. The Morgan fingerprint density at radius 1 is 1.47 bits per heavy atom. The van der Waals surface area contributed by atoms with Gasteiger partial charge < -0.3 is 0 Å². The first-order chi connectivity index (χ1) is 9.03. The first kappa shape index (κ1) is 14.4. The Bertz CT molecular complexity index is 533. The topological polar surface area (TPSA) is 49.4 Å². The SMILES string of the molecule is CCN1CCCC1CNS(=O)(=O)c1cccc(F)c1. The molecular weight excluding hydrogens is 267 g/mol. The van der Waals surface area contributed by atoms with Gasteiger partial charge in [-0.2, -0.15) is 0 Å². The van der Waals surface area contributed by atoms with Crippen molar-refractivity contribution in [1.82, 2.24) is 9.62 Å². The van der Waals surface area contributed by atoms with E-state index in [2.05, 4.69) is 16.5 Å². The number of likely N-dealkylation sites (N-methyl/N-ethyl adjacent to an activating group) is 1. The van der Waals surface area contributed by atoms with E-state index >= 15 is 0 Å². The summed E-state index contributed by atoms with van der Waals surface area (Å²) in [4.78, 5) is 2.24. The number of nitrogens with one attached hydrogen (secondary N) is 1. The van der Waals surface area contributed by atoms with Gasteiger partial charge in [0.2, 0.25) is 10.0 Å². The van der Waals surface area contributed by atoms with Crippen LogP contribution in [-0.4, -0.2) is 39.0 Å². The van der Waals surface area contributed by atoms with E-state index in [4.69, 9.17) is 0 Å². The molecule has 0 amide bonds. The summed E-state index contributed by atoms with van der Waals surface area (Å²) in [5.41, 5.74) is 0. The van der Waals surface area contributed by atoms with Crippen molar-refractivity contribution in [2.75, 3.05) is 19.6 Å². The van der Waals surface area contributed by atoms with E-state index in [1.807, 2.05) is 0 Å². The van der Waals surface area contributed by atoms with Gasteiger partial charge in [0.15, 0.2) is 0 Å². The van der Waals surface area contributed by atoms with Gasteiger partial charge in [-0.15, -0.1) is 0 Å². The van der Waals surface area contributed by atoms with Crippen molar-refractivity contribution in [3.05, 3.63) is 30.1 Å². The summed E-state index contributed by atoms with van der Waals surface area (Å²) < 4.78 is 39.7. The second-order valence-electron chi connectivity index (χ2n) is 4.73. The van der Waals surface area contributed by atoms with Crippen LogP contribution in [0.1, 0.15) is 19.8 Å². The molecular formula is C13H19FN2O2S. The Labute approximate surface area is 113 Å². The predicted molar refractivity (Wildman–Crippen MR) is 71.9 cm³/mol. The number of likely N-dealkylation sites (tertiary alicyclic amines) is 1. The van der Waals surface area contributed by atoms with Gasteiger partial charge in [0.25, 0.3) is 0 Å². The second kappa shape index (κ2) is 5.98. The summed E-state index contributed by atoms with van der Waals surface area (Å²) in [6.07, 6.45) is 2.10. The fourth-order valence-corrected chi connectivity index (χ4v) is 3.57. The van der Waals surface area contributed by atoms with Crippen molar-refractivity contribution in [1.29, 1.82) is 0 Å². The standard InChI is InChI=1S/C13H19FN2O2S/c1-2-16-8-4-6-12(16)10-15-19(17,18)13-7-3-5-11(14)9-13/h3,5,7,9,12,15H,2,4,6,8,10H2,1H3. The van der Waals surface area contributed by atoms with Crippen molar-refractivity contribution < 1.29 is 12.8 Å². The average Bonchev–Trinajstić information content (AvgIpc) is 2.84. The summed E-state index contributed by atoms with van der Waals surface area (Å²) in [5.74, 6) is -0.543. The molecule has 1 aromatic rings. The van der Waals surface area contributed by atoms with Crippen LogP contribution in [0.3, 0.4) is 0 Å². The third-order valence-electron chi connectivity index (χ3n) is 3.52. The van der Waals surface area contributed by atoms with Crippen LogP contribution >= 0.6 is 0 Å². The van der Waals surface area contributed by atoms with Gasteiger partial charge >= 0.3 is 0 Å². The van der Waals surface area contributed by atoms with E-state index in [1.165, 1.54) is 18.2 Å². The maximum absolute atomic E-state index is 13.1. The van der Waals surface area contributed by atoms with Gasteiger partial charge in [0.1, 0.15) is 5.82 Å². The van der Waals surface area contributed by atoms with Gasteiger partial charge in [-0.05, 0) is 44.1 Å². The zero-order valence-electron chi connectivity index (χ0n) is 11.0. The van der Waals surface area contributed by atoms with Crippen molar-refractivity contribution >= 4 is 10.0 Å². The lowest BCUT2D eigenvalue weighted by Gasteiger charge is -2.22. The summed E-state index contributed by atoms with van der Waals surface area (Å²) >= 11 is 0. The highest BCUT2D eigenvalue weighted by Crippen LogP contribution is 2.17. The number of hydrogen-bond donors (Lipinski definition) is 1. The zero-order valence-corrected chi connectivity index (χ0v) is 11.8. The van der Waals surface area contributed by atoms with Gasteiger partial charge in [-0.25, -0.2) is 17.5 Å². The Kier molecular flexibility index (Phi) is 4.54. The number of rotatable bonds is 5. The van der Waals surface area contributed by atoms with E-state index < -0.39 is 15.8 Å². The van der Waals surface area contributed by atoms with Crippen LogP contribution in [0.5, 0.6) is 0 Å². The summed E-state index contributed by atoms with van der Waals surface area (Å²) in [5, 5.41) is 0. The molecule has 0 aliphatic carbocycles. The summed E-state index contributed by atoms with van der Waals surface area (Å²) in [6, 6.07) is 5.31. The number of halogens is 1. The first-order valence-electron chi connectivity index (χ1n) is 6.52. The van der Waals surface area contributed by atoms with Crippen molar-refractivity contribution in [3.63, 3.8) is 0 Å². The molecule has 0 radical (unpaired) electrons. The van der Waals surface area contributed by atoms with E-state index in [0.29, 0.717) is 6.54 Å². The second-order valence-corrected chi connectivity index (χ2v) is 6.50. The molecule has 1 N–H and O–H groups in total. The molecule has 0 aromatic heterocycles. The highest BCUT2D eigenvalue weighted by atomic mass is 32.2. The lowest BCUT2D eigenvalue weighted by molar-refractivity contribution is 0.268. The van der Waals surface area contributed by atoms with Crippen LogP contribution in [-0.2, 0) is 10.0 Å². The van der Waals surface area contributed by atoms with Crippen LogP contribution < -0.4 is 4.72 Å². The van der Waals surface area contributed by atoms with Crippen molar-refractivity contribution in [3.8, 4) is 0 Å². The molecule has 0 saturated carbocycles. The minimum Gasteiger partial charge on any atom is -0.299 e. The third-order valence-corrected chi connectivity index (χ3v) is 4.94. The van der Waals surface area contributed by atoms with Crippen LogP contribution in [0.2, 0.25) is 0 Å². The normalized spacial score (nSPS) is 20.8. The molecule has 1 aliphatic rings. The Balaban J connectivity index is 2.02. The van der Waals surface area contributed by atoms with Gasteiger partial charge in [0.05, 0.1) is 4.90 Å². The predicted octanol–water partition coefficient (Wildman–Crippen LogP) is 1.59. The molecule has 1 fully saturated rings. The lowest BCUT2D eigenvalue weighted by atomic mass is 10.2. The maximum atomic E-state index is 13.1. The summed E-state index contributed by atoms with van der Waals surface area (Å²) in [7, 11) is -3.62. The molecule has 1 unspecified atom stereocenters. The number of benzene rings is 1. The Morgan fingerprint density at radius 3 is 2.95 bits per heavy atom. The van der Waals surface area contributed by atoms with E-state index in [9.17, 15) is 12.8 Å². The lowest BCUT2D eigenvalue weighted by Crippen LogP contribution is -2.40. The molecule has 4 nitrogen and oxygen atoms in total. The van der Waals surface area contributed by atoms with Crippen molar-refractivity contribution in [2.45, 2.75) is 30.7 Å². The highest BCUT2D eigenvalue weighted by Gasteiger charge is 2.25. The Hall–Kier alpha value is -0.980. The fraction of sp³-hybridized carbons (Fsp3) is 0.538. The maximum Gasteiger partial charge on any atom is 0.240 e. The molecule has 1 aliphatic heterocycles.